The Bertz CT molecular complexity index is 390. The third-order valence-corrected chi connectivity index (χ3v) is 2.32. The molecule has 0 aliphatic carbocycles. The van der Waals surface area contributed by atoms with Gasteiger partial charge in [-0.3, -0.25) is 14.5 Å². The van der Waals surface area contributed by atoms with Crippen LogP contribution >= 0.6 is 0 Å². The van der Waals surface area contributed by atoms with Gasteiger partial charge < -0.3 is 4.57 Å². The first kappa shape index (κ1) is 9.64. The number of hydrogen-bond donors (Lipinski definition) is 0. The van der Waals surface area contributed by atoms with Gasteiger partial charge in [-0.1, -0.05) is 0 Å². The molecule has 0 spiro atoms. The molecule has 1 aliphatic heterocycles. The SMILES string of the molecule is CC(Cn1ccnc1)N1C(=O)C=CC1=O. The molecule has 5 nitrogen and oxygen atoms in total. The Balaban J connectivity index is 2.05. The van der Waals surface area contributed by atoms with Crippen molar-refractivity contribution in [2.75, 3.05) is 0 Å². The number of carbonyl (C=O) groups is 2. The van der Waals surface area contributed by atoms with E-state index in [0.29, 0.717) is 6.54 Å². The van der Waals surface area contributed by atoms with Gasteiger partial charge >= 0.3 is 0 Å². The predicted octanol–water partition coefficient (Wildman–Crippen LogP) is 0.197. The van der Waals surface area contributed by atoms with Crippen molar-refractivity contribution >= 4 is 11.8 Å². The Morgan fingerprint density at radius 3 is 2.53 bits per heavy atom. The number of imide groups is 1. The van der Waals surface area contributed by atoms with Gasteiger partial charge in [-0.25, -0.2) is 4.98 Å². The molecule has 0 aromatic carbocycles. The van der Waals surface area contributed by atoms with E-state index in [1.165, 1.54) is 17.1 Å². The molecule has 1 atom stereocenters. The highest BCUT2D eigenvalue weighted by Crippen LogP contribution is 2.10. The van der Waals surface area contributed by atoms with E-state index in [1.54, 1.807) is 18.7 Å². The van der Waals surface area contributed by atoms with Crippen molar-refractivity contribution in [2.24, 2.45) is 0 Å². The number of aromatic nitrogens is 2. The summed E-state index contributed by atoms with van der Waals surface area (Å²) < 4.78 is 1.84. The Hall–Kier alpha value is -1.91. The Morgan fingerprint density at radius 2 is 2.00 bits per heavy atom. The maximum absolute atomic E-state index is 11.3. The van der Waals surface area contributed by atoms with Gasteiger partial charge in [0.2, 0.25) is 0 Å². The van der Waals surface area contributed by atoms with Gasteiger partial charge in [0.15, 0.2) is 0 Å². The second-order valence-corrected chi connectivity index (χ2v) is 3.49. The van der Waals surface area contributed by atoms with Gasteiger partial charge in [-0.05, 0) is 6.92 Å². The molecule has 0 radical (unpaired) electrons. The number of imidazole rings is 1. The van der Waals surface area contributed by atoms with E-state index in [2.05, 4.69) is 4.98 Å². The summed E-state index contributed by atoms with van der Waals surface area (Å²) in [6, 6.07) is -0.158. The van der Waals surface area contributed by atoms with E-state index in [1.807, 2.05) is 11.5 Å². The van der Waals surface area contributed by atoms with Crippen LogP contribution in [0.4, 0.5) is 0 Å². The Labute approximate surface area is 87.0 Å². The van der Waals surface area contributed by atoms with Crippen molar-refractivity contribution in [1.29, 1.82) is 0 Å². The lowest BCUT2D eigenvalue weighted by atomic mass is 10.3. The van der Waals surface area contributed by atoms with Crippen molar-refractivity contribution < 1.29 is 9.59 Å². The van der Waals surface area contributed by atoms with Crippen LogP contribution in [0, 0.1) is 0 Å². The normalized spacial score (nSPS) is 17.5. The number of carbonyl (C=O) groups excluding carboxylic acids is 2. The molecule has 0 saturated heterocycles. The van der Waals surface area contributed by atoms with Crippen LogP contribution in [0.3, 0.4) is 0 Å². The van der Waals surface area contributed by atoms with Crippen LogP contribution in [-0.2, 0) is 16.1 Å². The molecule has 0 fully saturated rings. The lowest BCUT2D eigenvalue weighted by Crippen LogP contribution is -2.40. The van der Waals surface area contributed by atoms with E-state index in [9.17, 15) is 9.59 Å². The van der Waals surface area contributed by atoms with E-state index >= 15 is 0 Å². The van der Waals surface area contributed by atoms with Crippen LogP contribution in [0.15, 0.2) is 30.9 Å². The first-order valence-corrected chi connectivity index (χ1v) is 4.69. The minimum atomic E-state index is -0.243. The van der Waals surface area contributed by atoms with Crippen LogP contribution in [0.1, 0.15) is 6.92 Å². The van der Waals surface area contributed by atoms with E-state index in [0.717, 1.165) is 0 Å². The molecular formula is C10H11N3O2. The van der Waals surface area contributed by atoms with Crippen molar-refractivity contribution in [2.45, 2.75) is 19.5 Å². The van der Waals surface area contributed by atoms with E-state index < -0.39 is 0 Å². The summed E-state index contributed by atoms with van der Waals surface area (Å²) in [6.07, 6.45) is 7.72. The first-order chi connectivity index (χ1) is 7.18. The highest BCUT2D eigenvalue weighted by atomic mass is 16.2. The highest BCUT2D eigenvalue weighted by molar-refractivity contribution is 6.13. The van der Waals surface area contributed by atoms with Crippen LogP contribution in [-0.4, -0.2) is 32.3 Å². The van der Waals surface area contributed by atoms with Crippen molar-refractivity contribution in [1.82, 2.24) is 14.5 Å². The van der Waals surface area contributed by atoms with Gasteiger partial charge in [0.1, 0.15) is 0 Å². The molecule has 1 aromatic rings. The molecule has 2 heterocycles. The molecule has 1 unspecified atom stereocenters. The Kier molecular flexibility index (Phi) is 2.37. The fourth-order valence-corrected chi connectivity index (χ4v) is 1.63. The lowest BCUT2D eigenvalue weighted by molar-refractivity contribution is -0.139. The molecule has 0 saturated carbocycles. The fourth-order valence-electron chi connectivity index (χ4n) is 1.63. The summed E-state index contributed by atoms with van der Waals surface area (Å²) in [5, 5.41) is 0. The molecule has 1 aliphatic rings. The quantitative estimate of drug-likeness (QED) is 0.662. The molecule has 2 amide bonds. The highest BCUT2D eigenvalue weighted by Gasteiger charge is 2.28. The molecule has 5 heteroatoms. The van der Waals surface area contributed by atoms with Gasteiger partial charge in [-0.2, -0.15) is 0 Å². The summed E-state index contributed by atoms with van der Waals surface area (Å²) in [6.45, 7) is 2.40. The second-order valence-electron chi connectivity index (χ2n) is 3.49. The summed E-state index contributed by atoms with van der Waals surface area (Å²) in [5.74, 6) is -0.486. The molecular weight excluding hydrogens is 194 g/mol. The zero-order valence-corrected chi connectivity index (χ0v) is 8.33. The monoisotopic (exact) mass is 205 g/mol. The summed E-state index contributed by atoms with van der Waals surface area (Å²) in [5.41, 5.74) is 0. The van der Waals surface area contributed by atoms with Gasteiger partial charge in [0.25, 0.3) is 11.8 Å². The molecule has 15 heavy (non-hydrogen) atoms. The van der Waals surface area contributed by atoms with Crippen molar-refractivity contribution in [3.05, 3.63) is 30.9 Å². The number of amides is 2. The largest absolute Gasteiger partial charge is 0.335 e. The Morgan fingerprint density at radius 1 is 1.33 bits per heavy atom. The van der Waals surface area contributed by atoms with Gasteiger partial charge in [0.05, 0.1) is 12.4 Å². The predicted molar refractivity (Wildman–Crippen MR) is 52.7 cm³/mol. The molecule has 78 valence electrons. The third-order valence-electron chi connectivity index (χ3n) is 2.32. The van der Waals surface area contributed by atoms with Crippen LogP contribution in [0.5, 0.6) is 0 Å². The fraction of sp³-hybridized carbons (Fsp3) is 0.300. The average molecular weight is 205 g/mol. The third kappa shape index (κ3) is 1.81. The van der Waals surface area contributed by atoms with E-state index in [-0.39, 0.29) is 17.9 Å². The number of rotatable bonds is 3. The van der Waals surface area contributed by atoms with E-state index in [4.69, 9.17) is 0 Å². The minimum absolute atomic E-state index is 0.158. The smallest absolute Gasteiger partial charge is 0.253 e. The van der Waals surface area contributed by atoms with Gasteiger partial charge in [-0.15, -0.1) is 0 Å². The van der Waals surface area contributed by atoms with Crippen LogP contribution < -0.4 is 0 Å². The molecule has 0 bridgehead atoms. The number of nitrogens with zero attached hydrogens (tertiary/aromatic N) is 3. The summed E-state index contributed by atoms with van der Waals surface area (Å²) in [7, 11) is 0. The summed E-state index contributed by atoms with van der Waals surface area (Å²) >= 11 is 0. The van der Waals surface area contributed by atoms with Crippen LogP contribution in [0.2, 0.25) is 0 Å². The zero-order valence-electron chi connectivity index (χ0n) is 8.33. The zero-order chi connectivity index (χ0) is 10.8. The molecule has 0 N–H and O–H groups in total. The topological polar surface area (TPSA) is 55.2 Å². The van der Waals surface area contributed by atoms with Crippen molar-refractivity contribution in [3.63, 3.8) is 0 Å². The molecule has 1 aromatic heterocycles. The second kappa shape index (κ2) is 3.68. The standard InChI is InChI=1S/C10H11N3O2/c1-8(6-12-5-4-11-7-12)13-9(14)2-3-10(13)15/h2-5,7-8H,6H2,1H3. The first-order valence-electron chi connectivity index (χ1n) is 4.69. The van der Waals surface area contributed by atoms with Crippen LogP contribution in [0.25, 0.3) is 0 Å². The van der Waals surface area contributed by atoms with Crippen molar-refractivity contribution in [3.8, 4) is 0 Å². The summed E-state index contributed by atoms with van der Waals surface area (Å²) in [4.78, 5) is 27.8. The average Bonchev–Trinajstić information content (AvgIpc) is 2.77. The lowest BCUT2D eigenvalue weighted by Gasteiger charge is -2.22. The minimum Gasteiger partial charge on any atom is -0.335 e. The maximum atomic E-state index is 11.3. The number of hydrogen-bond acceptors (Lipinski definition) is 3. The maximum Gasteiger partial charge on any atom is 0.253 e. The van der Waals surface area contributed by atoms with Gasteiger partial charge in [0, 0.05) is 31.1 Å². The molecule has 2 rings (SSSR count).